The molecular weight excluding hydrogens is 384 g/mol. The minimum Gasteiger partial charge on any atom is -0.472 e. The summed E-state index contributed by atoms with van der Waals surface area (Å²) < 4.78 is 8.64. The van der Waals surface area contributed by atoms with E-state index in [1.165, 1.54) is 11.9 Å². The summed E-state index contributed by atoms with van der Waals surface area (Å²) in [6, 6.07) is 5.63. The van der Waals surface area contributed by atoms with Gasteiger partial charge >= 0.3 is 0 Å². The summed E-state index contributed by atoms with van der Waals surface area (Å²) in [7, 11) is 0. The molecule has 1 fully saturated rings. The van der Waals surface area contributed by atoms with E-state index in [1.807, 2.05) is 16.7 Å². The third kappa shape index (κ3) is 3.68. The fraction of sp³-hybridized carbons (Fsp3) is 0.429. The Kier molecular flexibility index (Phi) is 4.96. The molecule has 2 atom stereocenters. The summed E-state index contributed by atoms with van der Waals surface area (Å²) in [4.78, 5) is 31.9. The van der Waals surface area contributed by atoms with Crippen LogP contribution in [-0.4, -0.2) is 49.8 Å². The molecule has 5 heterocycles. The molecule has 0 saturated carbocycles. The molecule has 1 saturated heterocycles. The quantitative estimate of drug-likeness (QED) is 0.656. The van der Waals surface area contributed by atoms with Crippen molar-refractivity contribution < 1.29 is 9.21 Å². The van der Waals surface area contributed by atoms with E-state index >= 15 is 0 Å². The molecule has 5 rings (SSSR count). The van der Waals surface area contributed by atoms with Gasteiger partial charge in [-0.2, -0.15) is 5.10 Å². The third-order valence-corrected chi connectivity index (χ3v) is 6.00. The molecule has 0 aromatic carbocycles. The molecular formula is C21H24N6O3. The van der Waals surface area contributed by atoms with Gasteiger partial charge in [0, 0.05) is 49.9 Å². The number of piperidine rings is 1. The van der Waals surface area contributed by atoms with Gasteiger partial charge in [-0.15, -0.1) is 0 Å². The van der Waals surface area contributed by atoms with E-state index < -0.39 is 0 Å². The number of aromatic nitrogens is 4. The van der Waals surface area contributed by atoms with Gasteiger partial charge in [0.25, 0.3) is 11.5 Å². The molecule has 30 heavy (non-hydrogen) atoms. The van der Waals surface area contributed by atoms with Crippen molar-refractivity contribution >= 4 is 5.91 Å². The number of nitrogens with one attached hydrogen (secondary N) is 1. The van der Waals surface area contributed by atoms with Crippen LogP contribution in [0.15, 0.2) is 52.6 Å². The molecule has 1 amide bonds. The molecule has 3 aromatic heterocycles. The van der Waals surface area contributed by atoms with E-state index in [4.69, 9.17) is 4.42 Å². The lowest BCUT2D eigenvalue weighted by atomic mass is 9.83. The van der Waals surface area contributed by atoms with Crippen molar-refractivity contribution in [1.82, 2.24) is 29.5 Å². The zero-order valence-corrected chi connectivity index (χ0v) is 16.6. The van der Waals surface area contributed by atoms with Gasteiger partial charge < -0.3 is 14.3 Å². The zero-order valence-electron chi connectivity index (χ0n) is 16.6. The Morgan fingerprint density at radius 2 is 2.17 bits per heavy atom. The summed E-state index contributed by atoms with van der Waals surface area (Å²) in [5.41, 5.74) is 2.22. The number of likely N-dealkylation sites (tertiary alicyclic amines) is 1. The molecule has 3 aromatic rings. The molecule has 9 nitrogen and oxygen atoms in total. The smallest absolute Gasteiger partial charge is 0.263 e. The number of nitrogens with zero attached hydrogens (tertiary/aromatic N) is 5. The Bertz CT molecular complexity index is 1070. The molecule has 1 N–H and O–H groups in total. The maximum atomic E-state index is 13.1. The van der Waals surface area contributed by atoms with Crippen LogP contribution >= 0.6 is 0 Å². The number of amides is 1. The Balaban J connectivity index is 1.29. The number of hydrogen-bond donors (Lipinski definition) is 1. The second-order valence-electron chi connectivity index (χ2n) is 8.13. The molecule has 0 aliphatic carbocycles. The average Bonchev–Trinajstić information content (AvgIpc) is 3.43. The van der Waals surface area contributed by atoms with Crippen molar-refractivity contribution in [3.05, 3.63) is 70.6 Å². The number of rotatable bonds is 6. The lowest BCUT2D eigenvalue weighted by molar-refractivity contribution is 0.0944. The normalized spacial score (nSPS) is 20.7. The summed E-state index contributed by atoms with van der Waals surface area (Å²) in [6.45, 7) is 4.27. The topological polar surface area (TPSA) is 98.2 Å². The molecule has 2 bridgehead atoms. The molecule has 0 radical (unpaired) electrons. The Hall–Kier alpha value is -3.20. The Morgan fingerprint density at radius 3 is 2.97 bits per heavy atom. The summed E-state index contributed by atoms with van der Waals surface area (Å²) in [5, 5.41) is 6.81. The van der Waals surface area contributed by atoms with Crippen LogP contribution in [0, 0.1) is 5.92 Å². The standard InChI is InChI=1S/C21H24N6O3/c28-20(23-4-5-26-14-22-13-24-26)18-1-2-19-17-7-16(10-27(19)21(18)29)9-25(11-17)8-15-3-6-30-12-15/h1-3,6,12-14,16-17H,4-5,7-11H2,(H,23,28)/t16-,17+/m0/s1. The monoisotopic (exact) mass is 408 g/mol. The number of carbonyl (C=O) groups is 1. The third-order valence-electron chi connectivity index (χ3n) is 6.00. The maximum Gasteiger partial charge on any atom is 0.263 e. The average molecular weight is 408 g/mol. The molecule has 0 spiro atoms. The van der Waals surface area contributed by atoms with Gasteiger partial charge in [-0.05, 0) is 30.5 Å². The first-order chi connectivity index (χ1) is 14.7. The first-order valence-electron chi connectivity index (χ1n) is 10.2. The summed E-state index contributed by atoms with van der Waals surface area (Å²) in [5.74, 6) is 0.376. The number of pyridine rings is 1. The van der Waals surface area contributed by atoms with E-state index in [-0.39, 0.29) is 17.0 Å². The van der Waals surface area contributed by atoms with Crippen molar-refractivity contribution in [3.8, 4) is 0 Å². The van der Waals surface area contributed by atoms with Crippen LogP contribution in [0.25, 0.3) is 0 Å². The van der Waals surface area contributed by atoms with Gasteiger partial charge in [-0.3, -0.25) is 19.2 Å². The number of hydrogen-bond acceptors (Lipinski definition) is 6. The second kappa shape index (κ2) is 7.91. The van der Waals surface area contributed by atoms with Crippen molar-refractivity contribution in [3.63, 3.8) is 0 Å². The van der Waals surface area contributed by atoms with Crippen LogP contribution in [0.3, 0.4) is 0 Å². The zero-order chi connectivity index (χ0) is 20.5. The van der Waals surface area contributed by atoms with Crippen molar-refractivity contribution in [2.45, 2.75) is 32.0 Å². The Morgan fingerprint density at radius 1 is 1.23 bits per heavy atom. The fourth-order valence-corrected chi connectivity index (χ4v) is 4.72. The van der Waals surface area contributed by atoms with Crippen LogP contribution < -0.4 is 10.9 Å². The van der Waals surface area contributed by atoms with Crippen LogP contribution in [-0.2, 0) is 19.6 Å². The van der Waals surface area contributed by atoms with Gasteiger partial charge in [0.1, 0.15) is 18.2 Å². The van der Waals surface area contributed by atoms with Crippen LogP contribution in [0.4, 0.5) is 0 Å². The summed E-state index contributed by atoms with van der Waals surface area (Å²) >= 11 is 0. The highest BCUT2D eigenvalue weighted by atomic mass is 16.3. The van der Waals surface area contributed by atoms with E-state index in [0.717, 1.165) is 31.7 Å². The largest absolute Gasteiger partial charge is 0.472 e. The van der Waals surface area contributed by atoms with Gasteiger partial charge in [0.05, 0.1) is 19.1 Å². The van der Waals surface area contributed by atoms with Gasteiger partial charge in [0.2, 0.25) is 0 Å². The van der Waals surface area contributed by atoms with Crippen molar-refractivity contribution in [2.24, 2.45) is 5.92 Å². The SMILES string of the molecule is O=C(NCCn1cncn1)c1ccc2n(c1=O)C[C@H]1C[C@@H]2CN(Cc2ccoc2)C1. The molecule has 2 aliphatic heterocycles. The predicted octanol–water partition coefficient (Wildman–Crippen LogP) is 1.08. The first-order valence-corrected chi connectivity index (χ1v) is 10.2. The predicted molar refractivity (Wildman–Crippen MR) is 108 cm³/mol. The lowest BCUT2D eigenvalue weighted by Crippen LogP contribution is -2.47. The molecule has 9 heteroatoms. The van der Waals surface area contributed by atoms with Gasteiger partial charge in [-0.1, -0.05) is 0 Å². The van der Waals surface area contributed by atoms with Gasteiger partial charge in [-0.25, -0.2) is 4.98 Å². The van der Waals surface area contributed by atoms with Crippen molar-refractivity contribution in [1.29, 1.82) is 0 Å². The summed E-state index contributed by atoms with van der Waals surface area (Å²) in [6.07, 6.45) is 7.62. The fourth-order valence-electron chi connectivity index (χ4n) is 4.72. The molecule has 156 valence electrons. The first kappa shape index (κ1) is 18.8. The highest BCUT2D eigenvalue weighted by Crippen LogP contribution is 2.35. The minimum absolute atomic E-state index is 0.191. The highest BCUT2D eigenvalue weighted by molar-refractivity contribution is 5.93. The van der Waals surface area contributed by atoms with E-state index in [0.29, 0.717) is 31.5 Å². The Labute approximate surface area is 173 Å². The number of carbonyl (C=O) groups excluding carboxylic acids is 1. The van der Waals surface area contributed by atoms with E-state index in [1.54, 1.807) is 29.6 Å². The van der Waals surface area contributed by atoms with E-state index in [9.17, 15) is 9.59 Å². The second-order valence-corrected chi connectivity index (χ2v) is 8.13. The van der Waals surface area contributed by atoms with Crippen molar-refractivity contribution in [2.75, 3.05) is 19.6 Å². The highest BCUT2D eigenvalue weighted by Gasteiger charge is 2.35. The van der Waals surface area contributed by atoms with Gasteiger partial charge in [0.15, 0.2) is 0 Å². The number of furan rings is 1. The van der Waals surface area contributed by atoms with Crippen LogP contribution in [0.1, 0.15) is 34.0 Å². The number of fused-ring (bicyclic) bond motifs is 4. The molecule has 0 unspecified atom stereocenters. The maximum absolute atomic E-state index is 13.1. The molecule has 2 aliphatic rings. The minimum atomic E-state index is -0.340. The van der Waals surface area contributed by atoms with E-state index in [2.05, 4.69) is 20.3 Å². The van der Waals surface area contributed by atoms with Crippen LogP contribution in [0.5, 0.6) is 0 Å². The lowest BCUT2D eigenvalue weighted by Gasteiger charge is -2.42. The van der Waals surface area contributed by atoms with Crippen LogP contribution in [0.2, 0.25) is 0 Å².